The van der Waals surface area contributed by atoms with Crippen molar-refractivity contribution in [2.75, 3.05) is 5.32 Å². The summed E-state index contributed by atoms with van der Waals surface area (Å²) in [6, 6.07) is 13.6. The number of carbonyl (C=O) groups excluding carboxylic acids is 2. The zero-order chi connectivity index (χ0) is 20.0. The molecule has 3 aromatic carbocycles. The Hall–Kier alpha value is -4.20. The summed E-state index contributed by atoms with van der Waals surface area (Å²) < 4.78 is 0. The number of hydrogen-bond acceptors (Lipinski definition) is 7. The normalized spacial score (nSPS) is 12.3. The fourth-order valence-electron chi connectivity index (χ4n) is 3.28. The van der Waals surface area contributed by atoms with E-state index in [9.17, 15) is 29.9 Å². The Labute approximate surface area is 157 Å². The molecule has 0 fully saturated rings. The summed E-state index contributed by atoms with van der Waals surface area (Å²) in [6.45, 7) is 0. The first-order chi connectivity index (χ1) is 13.4. The summed E-state index contributed by atoms with van der Waals surface area (Å²) in [5, 5.41) is 34.5. The lowest BCUT2D eigenvalue weighted by Gasteiger charge is -2.21. The fraction of sp³-hybridized carbons (Fsp3) is 0. The molecule has 8 heteroatoms. The van der Waals surface area contributed by atoms with Crippen LogP contribution < -0.4 is 5.32 Å². The number of benzene rings is 3. The SMILES string of the molecule is O=C1c2ccc(O)c([N+](=O)[O-])c2C(=O)c2c(Nc3ccccc3)ccc(O)c21. The molecular formula is C20H12N2O6. The zero-order valence-corrected chi connectivity index (χ0v) is 14.2. The van der Waals surface area contributed by atoms with E-state index >= 15 is 0 Å². The third kappa shape index (κ3) is 2.47. The number of nitro benzene ring substituents is 1. The van der Waals surface area contributed by atoms with Crippen LogP contribution in [0.5, 0.6) is 11.5 Å². The number of phenolic OH excluding ortho intramolecular Hbond substituents is 2. The third-order valence-electron chi connectivity index (χ3n) is 4.50. The largest absolute Gasteiger partial charge is 0.507 e. The highest BCUT2D eigenvalue weighted by molar-refractivity contribution is 6.32. The number of nitrogens with one attached hydrogen (secondary N) is 1. The molecular weight excluding hydrogens is 364 g/mol. The highest BCUT2D eigenvalue weighted by Crippen LogP contribution is 2.43. The van der Waals surface area contributed by atoms with Crippen molar-refractivity contribution in [1.82, 2.24) is 0 Å². The van der Waals surface area contributed by atoms with Gasteiger partial charge >= 0.3 is 5.69 Å². The van der Waals surface area contributed by atoms with Crippen LogP contribution in [0.3, 0.4) is 0 Å². The maximum Gasteiger partial charge on any atom is 0.322 e. The maximum atomic E-state index is 13.2. The van der Waals surface area contributed by atoms with Gasteiger partial charge in [0.05, 0.1) is 21.7 Å². The van der Waals surface area contributed by atoms with Crippen molar-refractivity contribution >= 4 is 28.6 Å². The van der Waals surface area contributed by atoms with Gasteiger partial charge in [-0.25, -0.2) is 0 Å². The molecule has 4 rings (SSSR count). The minimum Gasteiger partial charge on any atom is -0.507 e. The minimum absolute atomic E-state index is 0.185. The molecule has 138 valence electrons. The van der Waals surface area contributed by atoms with Gasteiger partial charge in [-0.05, 0) is 36.4 Å². The van der Waals surface area contributed by atoms with E-state index < -0.39 is 39.2 Å². The van der Waals surface area contributed by atoms with Crippen LogP contribution in [0.15, 0.2) is 54.6 Å². The standard InChI is InChI=1S/C20H12N2O6/c23-13-9-7-12(21-10-4-2-1-3-5-10)16-17(13)19(25)11-6-8-14(24)18(22(27)28)15(11)20(16)26/h1-9,21,23-24H. The van der Waals surface area contributed by atoms with Crippen molar-refractivity contribution in [3.63, 3.8) is 0 Å². The van der Waals surface area contributed by atoms with Crippen LogP contribution in [0.2, 0.25) is 0 Å². The van der Waals surface area contributed by atoms with Crippen molar-refractivity contribution in [2.24, 2.45) is 0 Å². The number of carbonyl (C=O) groups is 2. The number of hydrogen-bond donors (Lipinski definition) is 3. The number of fused-ring (bicyclic) bond motifs is 2. The quantitative estimate of drug-likeness (QED) is 0.283. The molecule has 0 radical (unpaired) electrons. The first-order valence-corrected chi connectivity index (χ1v) is 8.18. The lowest BCUT2D eigenvalue weighted by molar-refractivity contribution is -0.386. The minimum atomic E-state index is -0.905. The van der Waals surface area contributed by atoms with Crippen molar-refractivity contribution < 1.29 is 24.7 Å². The molecule has 0 saturated heterocycles. The van der Waals surface area contributed by atoms with Crippen LogP contribution in [-0.2, 0) is 0 Å². The van der Waals surface area contributed by atoms with E-state index in [1.165, 1.54) is 12.1 Å². The molecule has 28 heavy (non-hydrogen) atoms. The number of ketones is 2. The van der Waals surface area contributed by atoms with Crippen LogP contribution in [0.4, 0.5) is 17.1 Å². The van der Waals surface area contributed by atoms with Crippen molar-refractivity contribution in [2.45, 2.75) is 0 Å². The van der Waals surface area contributed by atoms with Crippen LogP contribution in [0, 0.1) is 10.1 Å². The summed E-state index contributed by atoms with van der Waals surface area (Å²) in [5.74, 6) is -2.69. The van der Waals surface area contributed by atoms with E-state index in [2.05, 4.69) is 5.32 Å². The summed E-state index contributed by atoms with van der Waals surface area (Å²) in [6.07, 6.45) is 0. The van der Waals surface area contributed by atoms with Crippen molar-refractivity contribution in [3.8, 4) is 11.5 Å². The predicted octanol–water partition coefficient (Wildman–Crippen LogP) is 3.53. The lowest BCUT2D eigenvalue weighted by atomic mass is 9.81. The highest BCUT2D eigenvalue weighted by atomic mass is 16.6. The molecule has 0 amide bonds. The number of rotatable bonds is 3. The molecule has 3 N–H and O–H groups in total. The second kappa shape index (κ2) is 6.20. The molecule has 0 spiro atoms. The molecule has 0 bridgehead atoms. The van der Waals surface area contributed by atoms with Gasteiger partial charge in [-0.2, -0.15) is 0 Å². The lowest BCUT2D eigenvalue weighted by Crippen LogP contribution is -2.23. The Morgan fingerprint density at radius 1 is 0.786 bits per heavy atom. The molecule has 0 heterocycles. The average molecular weight is 376 g/mol. The molecule has 8 nitrogen and oxygen atoms in total. The van der Waals surface area contributed by atoms with Crippen molar-refractivity contribution in [1.29, 1.82) is 0 Å². The summed E-state index contributed by atoms with van der Waals surface area (Å²) in [4.78, 5) is 36.6. The average Bonchev–Trinajstić information content (AvgIpc) is 2.67. The highest BCUT2D eigenvalue weighted by Gasteiger charge is 2.40. The van der Waals surface area contributed by atoms with E-state index in [1.54, 1.807) is 30.3 Å². The number of aromatic hydroxyl groups is 2. The second-order valence-corrected chi connectivity index (χ2v) is 6.14. The topological polar surface area (TPSA) is 130 Å². The Morgan fingerprint density at radius 3 is 2.14 bits per heavy atom. The Morgan fingerprint density at radius 2 is 1.46 bits per heavy atom. The van der Waals surface area contributed by atoms with Crippen LogP contribution in [0.25, 0.3) is 0 Å². The molecule has 3 aromatic rings. The van der Waals surface area contributed by atoms with Gasteiger partial charge in [-0.3, -0.25) is 19.7 Å². The van der Waals surface area contributed by atoms with E-state index in [-0.39, 0.29) is 22.4 Å². The van der Waals surface area contributed by atoms with Gasteiger partial charge in [0.2, 0.25) is 5.78 Å². The molecule has 0 atom stereocenters. The number of nitrogens with zero attached hydrogens (tertiary/aromatic N) is 1. The third-order valence-corrected chi connectivity index (χ3v) is 4.50. The van der Waals surface area contributed by atoms with Crippen LogP contribution >= 0.6 is 0 Å². The zero-order valence-electron chi connectivity index (χ0n) is 14.2. The first-order valence-electron chi connectivity index (χ1n) is 8.18. The monoisotopic (exact) mass is 376 g/mol. The first kappa shape index (κ1) is 17.2. The van der Waals surface area contributed by atoms with Gasteiger partial charge in [-0.1, -0.05) is 18.2 Å². The molecule has 0 aliphatic heterocycles. The van der Waals surface area contributed by atoms with Gasteiger partial charge in [0.25, 0.3) is 0 Å². The van der Waals surface area contributed by atoms with E-state index in [0.29, 0.717) is 5.69 Å². The number of para-hydroxylation sites is 1. The Kier molecular flexibility index (Phi) is 3.82. The van der Waals surface area contributed by atoms with Gasteiger partial charge in [0.15, 0.2) is 11.5 Å². The molecule has 0 aromatic heterocycles. The predicted molar refractivity (Wildman–Crippen MR) is 99.5 cm³/mol. The summed E-state index contributed by atoms with van der Waals surface area (Å²) in [5.41, 5.74) is -1.17. The number of nitro groups is 1. The van der Waals surface area contributed by atoms with E-state index in [4.69, 9.17) is 0 Å². The Bertz CT molecular complexity index is 1170. The van der Waals surface area contributed by atoms with Gasteiger partial charge in [0, 0.05) is 11.3 Å². The number of anilines is 2. The van der Waals surface area contributed by atoms with Crippen LogP contribution in [-0.4, -0.2) is 26.7 Å². The number of phenols is 2. The fourth-order valence-corrected chi connectivity index (χ4v) is 3.28. The van der Waals surface area contributed by atoms with E-state index in [0.717, 1.165) is 12.1 Å². The Balaban J connectivity index is 1.98. The second-order valence-electron chi connectivity index (χ2n) is 6.14. The molecule has 1 aliphatic carbocycles. The van der Waals surface area contributed by atoms with Crippen LogP contribution in [0.1, 0.15) is 31.8 Å². The van der Waals surface area contributed by atoms with Gasteiger partial charge in [0.1, 0.15) is 11.3 Å². The smallest absolute Gasteiger partial charge is 0.322 e. The summed E-state index contributed by atoms with van der Waals surface area (Å²) >= 11 is 0. The van der Waals surface area contributed by atoms with Gasteiger partial charge in [-0.15, -0.1) is 0 Å². The molecule has 1 aliphatic rings. The maximum absolute atomic E-state index is 13.2. The van der Waals surface area contributed by atoms with E-state index in [1.807, 2.05) is 0 Å². The molecule has 0 unspecified atom stereocenters. The molecule has 0 saturated carbocycles. The van der Waals surface area contributed by atoms with Crippen molar-refractivity contribution in [3.05, 3.63) is 87.0 Å². The summed E-state index contributed by atoms with van der Waals surface area (Å²) in [7, 11) is 0. The van der Waals surface area contributed by atoms with Gasteiger partial charge < -0.3 is 15.5 Å².